The second kappa shape index (κ2) is 6.79. The van der Waals surface area contributed by atoms with E-state index in [9.17, 15) is 9.59 Å². The number of carbonyl (C=O) groups is 2. The molecule has 0 spiro atoms. The highest BCUT2D eigenvalue weighted by Crippen LogP contribution is 2.20. The van der Waals surface area contributed by atoms with E-state index in [2.05, 4.69) is 0 Å². The molecule has 1 unspecified atom stereocenters. The van der Waals surface area contributed by atoms with Gasteiger partial charge in [0.25, 0.3) is 0 Å². The maximum absolute atomic E-state index is 11.9. The minimum absolute atomic E-state index is 0.0207. The molecule has 0 aliphatic rings. The molecule has 18 heavy (non-hydrogen) atoms. The lowest BCUT2D eigenvalue weighted by Gasteiger charge is -2.29. The molecule has 0 radical (unpaired) electrons. The number of aliphatic carboxylic acids is 1. The Hall–Kier alpha value is -1.84. The van der Waals surface area contributed by atoms with E-state index in [1.807, 2.05) is 37.3 Å². The fraction of sp³-hybridized carbons (Fsp3) is 0.429. The summed E-state index contributed by atoms with van der Waals surface area (Å²) in [5.74, 6) is -0.906. The molecule has 1 N–H and O–H groups in total. The summed E-state index contributed by atoms with van der Waals surface area (Å²) in [5, 5.41) is 8.73. The maximum Gasteiger partial charge on any atom is 0.305 e. The highest BCUT2D eigenvalue weighted by molar-refractivity contribution is 5.77. The first-order chi connectivity index (χ1) is 8.56. The van der Waals surface area contributed by atoms with E-state index < -0.39 is 5.97 Å². The van der Waals surface area contributed by atoms with Crippen molar-refractivity contribution in [1.82, 2.24) is 4.90 Å². The molecule has 1 aromatic carbocycles. The van der Waals surface area contributed by atoms with Crippen molar-refractivity contribution in [2.75, 3.05) is 6.54 Å². The van der Waals surface area contributed by atoms with Crippen molar-refractivity contribution in [3.8, 4) is 0 Å². The van der Waals surface area contributed by atoms with E-state index in [-0.39, 0.29) is 24.9 Å². The van der Waals surface area contributed by atoms with Gasteiger partial charge in [0, 0.05) is 13.0 Å². The molecule has 0 aromatic heterocycles. The van der Waals surface area contributed by atoms with Crippen LogP contribution in [0, 0.1) is 0 Å². The normalized spacial score (nSPS) is 11.9. The number of carboxylic acid groups (broad SMARTS) is 1. The van der Waals surface area contributed by atoms with E-state index >= 15 is 0 Å². The molecule has 4 heteroatoms. The molecule has 1 amide bonds. The second-order valence-electron chi connectivity index (χ2n) is 4.17. The van der Waals surface area contributed by atoms with Crippen LogP contribution in [0.15, 0.2) is 30.3 Å². The largest absolute Gasteiger partial charge is 0.481 e. The number of hydrogen-bond acceptors (Lipinski definition) is 2. The Morgan fingerprint density at radius 2 is 1.89 bits per heavy atom. The maximum atomic E-state index is 11.9. The number of rotatable bonds is 6. The van der Waals surface area contributed by atoms with Gasteiger partial charge >= 0.3 is 5.97 Å². The van der Waals surface area contributed by atoms with Crippen LogP contribution in [0.2, 0.25) is 0 Å². The van der Waals surface area contributed by atoms with Crippen molar-refractivity contribution in [3.63, 3.8) is 0 Å². The number of nitrogens with zero attached hydrogens (tertiary/aromatic N) is 1. The Labute approximate surface area is 107 Å². The van der Waals surface area contributed by atoms with Gasteiger partial charge < -0.3 is 10.0 Å². The summed E-state index contributed by atoms with van der Waals surface area (Å²) in [6, 6.07) is 9.54. The Bertz CT molecular complexity index is 403. The third-order valence-electron chi connectivity index (χ3n) is 2.94. The molecule has 1 aromatic rings. The zero-order valence-electron chi connectivity index (χ0n) is 10.8. The molecule has 0 saturated heterocycles. The smallest absolute Gasteiger partial charge is 0.305 e. The minimum Gasteiger partial charge on any atom is -0.481 e. The summed E-state index contributed by atoms with van der Waals surface area (Å²) >= 11 is 0. The zero-order valence-corrected chi connectivity index (χ0v) is 10.8. The molecule has 1 atom stereocenters. The Balaban J connectivity index is 2.82. The molecule has 0 heterocycles. The van der Waals surface area contributed by atoms with Crippen LogP contribution in [0.3, 0.4) is 0 Å². The number of amides is 1. The first kappa shape index (κ1) is 14.2. The number of benzene rings is 1. The average Bonchev–Trinajstić information content (AvgIpc) is 2.39. The van der Waals surface area contributed by atoms with Gasteiger partial charge in [-0.3, -0.25) is 9.59 Å². The van der Waals surface area contributed by atoms with Crippen LogP contribution >= 0.6 is 0 Å². The van der Waals surface area contributed by atoms with Gasteiger partial charge in [0.15, 0.2) is 0 Å². The van der Waals surface area contributed by atoms with E-state index in [4.69, 9.17) is 5.11 Å². The van der Waals surface area contributed by atoms with Gasteiger partial charge in [-0.25, -0.2) is 0 Å². The highest BCUT2D eigenvalue weighted by atomic mass is 16.4. The van der Waals surface area contributed by atoms with Crippen molar-refractivity contribution in [3.05, 3.63) is 35.9 Å². The fourth-order valence-corrected chi connectivity index (χ4v) is 1.87. The average molecular weight is 249 g/mol. The molecule has 4 nitrogen and oxygen atoms in total. The lowest BCUT2D eigenvalue weighted by molar-refractivity contribution is -0.139. The van der Waals surface area contributed by atoms with Gasteiger partial charge in [-0.2, -0.15) is 0 Å². The van der Waals surface area contributed by atoms with Crippen molar-refractivity contribution < 1.29 is 14.7 Å². The zero-order chi connectivity index (χ0) is 13.5. The standard InChI is InChI=1S/C14H19NO3/c1-3-13(16)15(10-9-14(17)18)11(2)12-7-5-4-6-8-12/h4-8,11H,3,9-10H2,1-2H3,(H,17,18). The molecule has 0 aliphatic carbocycles. The lowest BCUT2D eigenvalue weighted by Crippen LogP contribution is -2.34. The van der Waals surface area contributed by atoms with Crippen LogP contribution in [-0.4, -0.2) is 28.4 Å². The van der Waals surface area contributed by atoms with Crippen LogP contribution in [0.4, 0.5) is 0 Å². The topological polar surface area (TPSA) is 57.6 Å². The van der Waals surface area contributed by atoms with E-state index in [1.165, 1.54) is 0 Å². The molecule has 0 saturated carbocycles. The van der Waals surface area contributed by atoms with Crippen molar-refractivity contribution in [2.24, 2.45) is 0 Å². The second-order valence-corrected chi connectivity index (χ2v) is 4.17. The fourth-order valence-electron chi connectivity index (χ4n) is 1.87. The molecule has 0 fully saturated rings. The molecule has 98 valence electrons. The molecule has 0 bridgehead atoms. The third kappa shape index (κ3) is 3.87. The number of hydrogen-bond donors (Lipinski definition) is 1. The summed E-state index contributed by atoms with van der Waals surface area (Å²) in [4.78, 5) is 24.1. The molecule has 1 rings (SSSR count). The SMILES string of the molecule is CCC(=O)N(CCC(=O)O)C(C)c1ccccc1. The minimum atomic E-state index is -0.885. The lowest BCUT2D eigenvalue weighted by atomic mass is 10.1. The van der Waals surface area contributed by atoms with Crippen molar-refractivity contribution in [1.29, 1.82) is 0 Å². The Morgan fingerprint density at radius 3 is 2.39 bits per heavy atom. The Kier molecular flexibility index (Phi) is 5.36. The third-order valence-corrected chi connectivity index (χ3v) is 2.94. The summed E-state index contributed by atoms with van der Waals surface area (Å²) < 4.78 is 0. The van der Waals surface area contributed by atoms with E-state index in [0.29, 0.717) is 6.42 Å². The quantitative estimate of drug-likeness (QED) is 0.842. The van der Waals surface area contributed by atoms with Crippen LogP contribution in [-0.2, 0) is 9.59 Å². The van der Waals surface area contributed by atoms with Crippen LogP contribution < -0.4 is 0 Å². The monoisotopic (exact) mass is 249 g/mol. The van der Waals surface area contributed by atoms with Gasteiger partial charge in [-0.1, -0.05) is 37.3 Å². The Morgan fingerprint density at radius 1 is 1.28 bits per heavy atom. The van der Waals surface area contributed by atoms with Crippen LogP contribution in [0.1, 0.15) is 38.3 Å². The predicted octanol–water partition coefficient (Wildman–Crippen LogP) is 2.46. The number of carboxylic acids is 1. The van der Waals surface area contributed by atoms with E-state index in [0.717, 1.165) is 5.56 Å². The van der Waals surface area contributed by atoms with Gasteiger partial charge in [0.05, 0.1) is 12.5 Å². The predicted molar refractivity (Wildman–Crippen MR) is 69.1 cm³/mol. The summed E-state index contributed by atoms with van der Waals surface area (Å²) in [7, 11) is 0. The molecular weight excluding hydrogens is 230 g/mol. The van der Waals surface area contributed by atoms with Gasteiger partial charge in [0.1, 0.15) is 0 Å². The highest BCUT2D eigenvalue weighted by Gasteiger charge is 2.20. The van der Waals surface area contributed by atoms with Gasteiger partial charge in [0.2, 0.25) is 5.91 Å². The van der Waals surface area contributed by atoms with Crippen molar-refractivity contribution in [2.45, 2.75) is 32.7 Å². The first-order valence-corrected chi connectivity index (χ1v) is 6.12. The van der Waals surface area contributed by atoms with E-state index in [1.54, 1.807) is 11.8 Å². The molecular formula is C14H19NO3. The summed E-state index contributed by atoms with van der Waals surface area (Å²) in [5.41, 5.74) is 1.02. The molecule has 0 aliphatic heterocycles. The summed E-state index contributed by atoms with van der Waals surface area (Å²) in [6.07, 6.45) is 0.361. The first-order valence-electron chi connectivity index (χ1n) is 6.12. The summed E-state index contributed by atoms with van der Waals surface area (Å²) in [6.45, 7) is 3.95. The number of carbonyl (C=O) groups excluding carboxylic acids is 1. The van der Waals surface area contributed by atoms with Gasteiger partial charge in [-0.05, 0) is 12.5 Å². The van der Waals surface area contributed by atoms with Gasteiger partial charge in [-0.15, -0.1) is 0 Å². The van der Waals surface area contributed by atoms with Crippen molar-refractivity contribution >= 4 is 11.9 Å². The van der Waals surface area contributed by atoms with Crippen LogP contribution in [0.25, 0.3) is 0 Å². The van der Waals surface area contributed by atoms with Crippen LogP contribution in [0.5, 0.6) is 0 Å².